The van der Waals surface area contributed by atoms with Crippen molar-refractivity contribution in [1.82, 2.24) is 15.3 Å². The number of alkyl halides is 3. The number of fused-ring (bicyclic) bond motifs is 1. The number of hydrogen-bond donors (Lipinski definition) is 2. The highest BCUT2D eigenvalue weighted by Crippen LogP contribution is 2.18. The molecule has 110 valence electrons. The number of carboxylic acids is 1. The monoisotopic (exact) mass is 291 g/mol. The first-order valence-corrected chi connectivity index (χ1v) is 5.84. The van der Waals surface area contributed by atoms with Crippen molar-refractivity contribution in [1.29, 1.82) is 0 Å². The molecule has 0 saturated carbocycles. The Morgan fingerprint density at radius 2 is 2.15 bits per heavy atom. The molecule has 6 nitrogen and oxygen atoms in total. The van der Waals surface area contributed by atoms with Gasteiger partial charge in [-0.25, -0.2) is 14.8 Å². The van der Waals surface area contributed by atoms with Gasteiger partial charge in [0.05, 0.1) is 5.69 Å². The van der Waals surface area contributed by atoms with Crippen LogP contribution >= 0.6 is 0 Å². The molecule has 0 aromatic carbocycles. The normalized spacial score (nSPS) is 14.9. The maximum Gasteiger partial charge on any atom is 0.411 e. The van der Waals surface area contributed by atoms with Gasteiger partial charge in [0.1, 0.15) is 13.2 Å². The fourth-order valence-electron chi connectivity index (χ4n) is 1.91. The van der Waals surface area contributed by atoms with Gasteiger partial charge in [0.2, 0.25) is 0 Å². The molecule has 0 atom stereocenters. The van der Waals surface area contributed by atoms with Crippen LogP contribution in [0.5, 0.6) is 0 Å². The summed E-state index contributed by atoms with van der Waals surface area (Å²) in [7, 11) is 0. The van der Waals surface area contributed by atoms with Gasteiger partial charge in [-0.2, -0.15) is 13.2 Å². The Labute approximate surface area is 112 Å². The summed E-state index contributed by atoms with van der Waals surface area (Å²) in [6.07, 6.45) is -3.97. The predicted molar refractivity (Wildman–Crippen MR) is 60.1 cm³/mol. The zero-order chi connectivity index (χ0) is 14.8. The molecule has 1 aromatic heterocycles. The third-order valence-electron chi connectivity index (χ3n) is 2.68. The van der Waals surface area contributed by atoms with Gasteiger partial charge < -0.3 is 15.2 Å². The second-order valence-corrected chi connectivity index (χ2v) is 4.25. The third-order valence-corrected chi connectivity index (χ3v) is 2.68. The number of rotatable bonds is 4. The molecular formula is C11H12F3N3O3. The van der Waals surface area contributed by atoms with Gasteiger partial charge >= 0.3 is 12.1 Å². The van der Waals surface area contributed by atoms with E-state index in [0.717, 1.165) is 0 Å². The third kappa shape index (κ3) is 3.64. The van der Waals surface area contributed by atoms with Gasteiger partial charge in [-0.1, -0.05) is 0 Å². The van der Waals surface area contributed by atoms with Crippen LogP contribution in [-0.4, -0.2) is 40.4 Å². The summed E-state index contributed by atoms with van der Waals surface area (Å²) in [5.74, 6) is -1.28. The number of nitrogens with zero attached hydrogens (tertiary/aromatic N) is 2. The van der Waals surface area contributed by atoms with Crippen LogP contribution in [0.1, 0.15) is 27.6 Å². The summed E-state index contributed by atoms with van der Waals surface area (Å²) in [6, 6.07) is 0. The summed E-state index contributed by atoms with van der Waals surface area (Å²) in [5, 5.41) is 12.1. The van der Waals surface area contributed by atoms with Crippen molar-refractivity contribution < 1.29 is 27.8 Å². The van der Waals surface area contributed by atoms with Gasteiger partial charge in [-0.3, -0.25) is 0 Å². The van der Waals surface area contributed by atoms with E-state index in [0.29, 0.717) is 30.8 Å². The topological polar surface area (TPSA) is 84.3 Å². The smallest absolute Gasteiger partial charge is 0.411 e. The molecule has 0 spiro atoms. The SMILES string of the molecule is O=C(O)c1nc(COCC(F)(F)F)nc2c1CCNC2. The van der Waals surface area contributed by atoms with Gasteiger partial charge in [-0.15, -0.1) is 0 Å². The number of aromatic nitrogens is 2. The van der Waals surface area contributed by atoms with Crippen LogP contribution in [0.4, 0.5) is 13.2 Å². The quantitative estimate of drug-likeness (QED) is 0.857. The molecule has 1 aliphatic heterocycles. The van der Waals surface area contributed by atoms with Crippen LogP contribution in [0.15, 0.2) is 0 Å². The van der Waals surface area contributed by atoms with Crippen LogP contribution in [-0.2, 0) is 24.3 Å². The Morgan fingerprint density at radius 1 is 1.40 bits per heavy atom. The van der Waals surface area contributed by atoms with Crippen molar-refractivity contribution in [2.24, 2.45) is 0 Å². The number of halogens is 3. The van der Waals surface area contributed by atoms with Gasteiger partial charge in [0.25, 0.3) is 0 Å². The molecular weight excluding hydrogens is 279 g/mol. The number of carbonyl (C=O) groups is 1. The van der Waals surface area contributed by atoms with E-state index in [1.165, 1.54) is 0 Å². The number of aromatic carboxylic acids is 1. The van der Waals surface area contributed by atoms with Crippen molar-refractivity contribution in [2.45, 2.75) is 25.7 Å². The molecule has 9 heteroatoms. The Bertz CT molecular complexity index is 520. The zero-order valence-electron chi connectivity index (χ0n) is 10.3. The minimum Gasteiger partial charge on any atom is -0.477 e. The molecule has 2 rings (SSSR count). The largest absolute Gasteiger partial charge is 0.477 e. The van der Waals surface area contributed by atoms with E-state index < -0.39 is 25.4 Å². The number of hydrogen-bond acceptors (Lipinski definition) is 5. The molecule has 0 saturated heterocycles. The molecule has 1 aliphatic rings. The zero-order valence-corrected chi connectivity index (χ0v) is 10.3. The average molecular weight is 291 g/mol. The fourth-order valence-corrected chi connectivity index (χ4v) is 1.91. The van der Waals surface area contributed by atoms with Crippen molar-refractivity contribution in [3.63, 3.8) is 0 Å². The Hall–Kier alpha value is -1.74. The molecule has 2 heterocycles. The van der Waals surface area contributed by atoms with E-state index >= 15 is 0 Å². The molecule has 0 unspecified atom stereocenters. The van der Waals surface area contributed by atoms with E-state index in [1.54, 1.807) is 0 Å². The lowest BCUT2D eigenvalue weighted by molar-refractivity contribution is -0.177. The number of ether oxygens (including phenoxy) is 1. The van der Waals surface area contributed by atoms with Crippen LogP contribution in [0.25, 0.3) is 0 Å². The van der Waals surface area contributed by atoms with Crippen LogP contribution in [0.2, 0.25) is 0 Å². The average Bonchev–Trinajstić information content (AvgIpc) is 2.36. The van der Waals surface area contributed by atoms with Crippen LogP contribution in [0.3, 0.4) is 0 Å². The van der Waals surface area contributed by atoms with Crippen molar-refractivity contribution in [2.75, 3.05) is 13.2 Å². The number of nitrogens with one attached hydrogen (secondary N) is 1. The summed E-state index contributed by atoms with van der Waals surface area (Å²) in [6.45, 7) is -0.924. The van der Waals surface area contributed by atoms with Crippen molar-refractivity contribution in [3.8, 4) is 0 Å². The molecule has 0 bridgehead atoms. The van der Waals surface area contributed by atoms with Gasteiger partial charge in [0.15, 0.2) is 11.5 Å². The fraction of sp³-hybridized carbons (Fsp3) is 0.545. The van der Waals surface area contributed by atoms with Crippen LogP contribution < -0.4 is 5.32 Å². The second kappa shape index (κ2) is 5.71. The molecule has 1 aromatic rings. The van der Waals surface area contributed by atoms with Crippen molar-refractivity contribution in [3.05, 3.63) is 22.8 Å². The summed E-state index contributed by atoms with van der Waals surface area (Å²) >= 11 is 0. The van der Waals surface area contributed by atoms with E-state index in [2.05, 4.69) is 20.0 Å². The van der Waals surface area contributed by atoms with Gasteiger partial charge in [0, 0.05) is 12.1 Å². The first-order chi connectivity index (χ1) is 9.37. The molecule has 0 amide bonds. The lowest BCUT2D eigenvalue weighted by Gasteiger charge is -2.18. The highest BCUT2D eigenvalue weighted by Gasteiger charge is 2.28. The summed E-state index contributed by atoms with van der Waals surface area (Å²) in [5.41, 5.74) is 0.854. The van der Waals surface area contributed by atoms with Gasteiger partial charge in [-0.05, 0) is 13.0 Å². The van der Waals surface area contributed by atoms with E-state index in [4.69, 9.17) is 5.11 Å². The Kier molecular flexibility index (Phi) is 4.19. The molecule has 2 N–H and O–H groups in total. The first kappa shape index (κ1) is 14.7. The van der Waals surface area contributed by atoms with E-state index in [1.807, 2.05) is 0 Å². The lowest BCUT2D eigenvalue weighted by atomic mass is 10.0. The second-order valence-electron chi connectivity index (χ2n) is 4.25. The lowest BCUT2D eigenvalue weighted by Crippen LogP contribution is -2.28. The molecule has 0 radical (unpaired) electrons. The highest BCUT2D eigenvalue weighted by molar-refractivity contribution is 5.87. The Balaban J connectivity index is 2.18. The minimum absolute atomic E-state index is 0.0610. The highest BCUT2D eigenvalue weighted by atomic mass is 19.4. The number of carboxylic acid groups (broad SMARTS) is 1. The summed E-state index contributed by atoms with van der Waals surface area (Å²) < 4.78 is 40.4. The standard InChI is InChI=1S/C11H12F3N3O3/c12-11(13,14)5-20-4-8-16-7-3-15-2-1-6(7)9(17-8)10(18)19/h15H,1-5H2,(H,18,19). The maximum absolute atomic E-state index is 12.0. The maximum atomic E-state index is 12.0. The molecule has 20 heavy (non-hydrogen) atoms. The predicted octanol–water partition coefficient (Wildman–Crippen LogP) is 0.899. The molecule has 0 fully saturated rings. The summed E-state index contributed by atoms with van der Waals surface area (Å²) in [4.78, 5) is 18.9. The van der Waals surface area contributed by atoms with E-state index in [9.17, 15) is 18.0 Å². The van der Waals surface area contributed by atoms with Crippen LogP contribution in [0, 0.1) is 0 Å². The molecule has 0 aliphatic carbocycles. The van der Waals surface area contributed by atoms with Crippen molar-refractivity contribution >= 4 is 5.97 Å². The van der Waals surface area contributed by atoms with E-state index in [-0.39, 0.29) is 11.5 Å². The minimum atomic E-state index is -4.44. The Morgan fingerprint density at radius 3 is 2.80 bits per heavy atom. The first-order valence-electron chi connectivity index (χ1n) is 5.84.